The molecule has 2 heterocycles. The van der Waals surface area contributed by atoms with Gasteiger partial charge in [-0.1, -0.05) is 18.2 Å². The van der Waals surface area contributed by atoms with E-state index in [1.807, 2.05) is 22.6 Å². The van der Waals surface area contributed by atoms with Crippen LogP contribution in [0.3, 0.4) is 0 Å². The van der Waals surface area contributed by atoms with Gasteiger partial charge in [-0.05, 0) is 29.8 Å². The average Bonchev–Trinajstić information content (AvgIpc) is 2.77. The monoisotopic (exact) mass is 241 g/mol. The fourth-order valence-electron chi connectivity index (χ4n) is 2.05. The highest BCUT2D eigenvalue weighted by Gasteiger charge is 2.06. The van der Waals surface area contributed by atoms with E-state index < -0.39 is 0 Å². The van der Waals surface area contributed by atoms with Crippen molar-refractivity contribution in [3.63, 3.8) is 0 Å². The van der Waals surface area contributed by atoms with E-state index >= 15 is 0 Å². The zero-order valence-electron chi connectivity index (χ0n) is 9.68. The summed E-state index contributed by atoms with van der Waals surface area (Å²) in [4.78, 5) is 4.36. The van der Waals surface area contributed by atoms with Crippen molar-refractivity contribution in [2.75, 3.05) is 5.73 Å². The van der Waals surface area contributed by atoms with Crippen LogP contribution in [0.2, 0.25) is 0 Å². The lowest BCUT2D eigenvalue weighted by Gasteiger charge is -2.05. The van der Waals surface area contributed by atoms with Crippen LogP contribution in [0.1, 0.15) is 11.4 Å². The summed E-state index contributed by atoms with van der Waals surface area (Å²) in [5, 5.41) is 0. The Labute approximate surface area is 104 Å². The second-order valence-corrected chi connectivity index (χ2v) is 4.19. The van der Waals surface area contributed by atoms with Crippen LogP contribution in [-0.2, 0) is 6.42 Å². The van der Waals surface area contributed by atoms with Gasteiger partial charge < -0.3 is 5.73 Å². The second kappa shape index (κ2) is 4.14. The third kappa shape index (κ3) is 1.82. The molecular formula is C14H12FN3. The molecule has 0 saturated heterocycles. The van der Waals surface area contributed by atoms with Gasteiger partial charge in [0.2, 0.25) is 0 Å². The van der Waals surface area contributed by atoms with Crippen LogP contribution in [0.4, 0.5) is 10.2 Å². The van der Waals surface area contributed by atoms with E-state index in [0.29, 0.717) is 12.2 Å². The van der Waals surface area contributed by atoms with Crippen molar-refractivity contribution in [1.82, 2.24) is 9.38 Å². The number of rotatable bonds is 2. The summed E-state index contributed by atoms with van der Waals surface area (Å²) in [6.07, 6.45) is 2.41. The molecule has 0 spiro atoms. The van der Waals surface area contributed by atoms with Crippen LogP contribution in [0, 0.1) is 5.82 Å². The molecule has 0 bridgehead atoms. The maximum atomic E-state index is 12.8. The number of hydrogen-bond donors (Lipinski definition) is 1. The van der Waals surface area contributed by atoms with E-state index in [4.69, 9.17) is 5.73 Å². The zero-order valence-corrected chi connectivity index (χ0v) is 9.68. The lowest BCUT2D eigenvalue weighted by atomic mass is 10.1. The van der Waals surface area contributed by atoms with Gasteiger partial charge in [0.25, 0.3) is 0 Å². The van der Waals surface area contributed by atoms with Crippen molar-refractivity contribution in [3.8, 4) is 0 Å². The quantitative estimate of drug-likeness (QED) is 0.749. The van der Waals surface area contributed by atoms with E-state index in [2.05, 4.69) is 4.98 Å². The van der Waals surface area contributed by atoms with E-state index in [0.717, 1.165) is 16.9 Å². The predicted molar refractivity (Wildman–Crippen MR) is 68.8 cm³/mol. The van der Waals surface area contributed by atoms with Crippen LogP contribution < -0.4 is 5.73 Å². The molecule has 18 heavy (non-hydrogen) atoms. The molecule has 3 nitrogen and oxygen atoms in total. The number of fused-ring (bicyclic) bond motifs is 1. The van der Waals surface area contributed by atoms with E-state index in [1.54, 1.807) is 18.3 Å². The molecule has 2 aromatic heterocycles. The topological polar surface area (TPSA) is 43.3 Å². The molecule has 0 radical (unpaired) electrons. The molecule has 2 N–H and O–H groups in total. The van der Waals surface area contributed by atoms with E-state index in [1.165, 1.54) is 12.1 Å². The summed E-state index contributed by atoms with van der Waals surface area (Å²) in [5.41, 5.74) is 7.91. The minimum absolute atomic E-state index is 0.230. The average molecular weight is 241 g/mol. The number of nitrogens with two attached hydrogens (primary N) is 1. The van der Waals surface area contributed by atoms with Crippen LogP contribution in [0.15, 0.2) is 48.7 Å². The lowest BCUT2D eigenvalue weighted by Crippen LogP contribution is -2.02. The minimum atomic E-state index is -0.230. The van der Waals surface area contributed by atoms with Gasteiger partial charge in [-0.25, -0.2) is 9.37 Å². The number of halogens is 1. The fraction of sp³-hybridized carbons (Fsp3) is 0.0714. The normalized spacial score (nSPS) is 10.9. The molecule has 1 aromatic carbocycles. The van der Waals surface area contributed by atoms with Gasteiger partial charge in [0.15, 0.2) is 0 Å². The Morgan fingerprint density at radius 1 is 1.11 bits per heavy atom. The molecule has 0 aliphatic carbocycles. The summed E-state index contributed by atoms with van der Waals surface area (Å²) < 4.78 is 14.7. The summed E-state index contributed by atoms with van der Waals surface area (Å²) in [6, 6.07) is 12.1. The standard InChI is InChI=1S/C14H12FN3/c15-11-6-4-10(5-7-11)8-14-17-9-12-2-1-3-13(16)18(12)14/h1-7,9H,8,16H2. The number of aromatic nitrogens is 2. The summed E-state index contributed by atoms with van der Waals surface area (Å²) in [5.74, 6) is 1.28. The first-order valence-corrected chi connectivity index (χ1v) is 5.69. The molecule has 90 valence electrons. The molecule has 0 saturated carbocycles. The van der Waals surface area contributed by atoms with Crippen LogP contribution in [0.25, 0.3) is 5.52 Å². The molecule has 0 aliphatic heterocycles. The first-order chi connectivity index (χ1) is 8.74. The molecule has 0 atom stereocenters. The van der Waals surface area contributed by atoms with Crippen molar-refractivity contribution in [3.05, 3.63) is 65.9 Å². The molecule has 0 fully saturated rings. The zero-order chi connectivity index (χ0) is 12.5. The van der Waals surface area contributed by atoms with Crippen molar-refractivity contribution < 1.29 is 4.39 Å². The number of benzene rings is 1. The highest BCUT2D eigenvalue weighted by molar-refractivity contribution is 5.53. The maximum Gasteiger partial charge on any atom is 0.123 e. The third-order valence-electron chi connectivity index (χ3n) is 2.93. The maximum absolute atomic E-state index is 12.8. The third-order valence-corrected chi connectivity index (χ3v) is 2.93. The number of anilines is 1. The van der Waals surface area contributed by atoms with Gasteiger partial charge in [-0.3, -0.25) is 4.40 Å². The number of imidazole rings is 1. The SMILES string of the molecule is Nc1cccc2cnc(Cc3ccc(F)cc3)n12. The van der Waals surface area contributed by atoms with Gasteiger partial charge in [0.05, 0.1) is 11.7 Å². The number of nitrogens with zero attached hydrogens (tertiary/aromatic N) is 2. The summed E-state index contributed by atoms with van der Waals surface area (Å²) in [7, 11) is 0. The first kappa shape index (κ1) is 10.8. The molecule has 3 aromatic rings. The Bertz CT molecular complexity index is 686. The van der Waals surface area contributed by atoms with E-state index in [9.17, 15) is 4.39 Å². The van der Waals surface area contributed by atoms with Gasteiger partial charge in [-0.2, -0.15) is 0 Å². The Morgan fingerprint density at radius 3 is 2.67 bits per heavy atom. The highest BCUT2D eigenvalue weighted by Crippen LogP contribution is 2.15. The lowest BCUT2D eigenvalue weighted by molar-refractivity contribution is 0.627. The van der Waals surface area contributed by atoms with Gasteiger partial charge >= 0.3 is 0 Å². The Kier molecular flexibility index (Phi) is 2.48. The van der Waals surface area contributed by atoms with Gasteiger partial charge in [-0.15, -0.1) is 0 Å². The Balaban J connectivity index is 2.02. The van der Waals surface area contributed by atoms with Crippen molar-refractivity contribution in [2.45, 2.75) is 6.42 Å². The molecule has 0 aliphatic rings. The molecule has 3 rings (SSSR count). The largest absolute Gasteiger partial charge is 0.385 e. The molecular weight excluding hydrogens is 229 g/mol. The second-order valence-electron chi connectivity index (χ2n) is 4.19. The van der Waals surface area contributed by atoms with E-state index in [-0.39, 0.29) is 5.82 Å². The van der Waals surface area contributed by atoms with Gasteiger partial charge in [0.1, 0.15) is 17.5 Å². The Hall–Kier alpha value is -2.36. The van der Waals surface area contributed by atoms with Crippen LogP contribution in [0.5, 0.6) is 0 Å². The Morgan fingerprint density at radius 2 is 1.89 bits per heavy atom. The first-order valence-electron chi connectivity index (χ1n) is 5.69. The van der Waals surface area contributed by atoms with Crippen molar-refractivity contribution >= 4 is 11.3 Å². The van der Waals surface area contributed by atoms with Crippen molar-refractivity contribution in [2.24, 2.45) is 0 Å². The van der Waals surface area contributed by atoms with Crippen LogP contribution >= 0.6 is 0 Å². The van der Waals surface area contributed by atoms with Crippen LogP contribution in [-0.4, -0.2) is 9.38 Å². The highest BCUT2D eigenvalue weighted by atomic mass is 19.1. The number of pyridine rings is 1. The fourth-order valence-corrected chi connectivity index (χ4v) is 2.05. The summed E-state index contributed by atoms with van der Waals surface area (Å²) >= 11 is 0. The molecule has 4 heteroatoms. The van der Waals surface area contributed by atoms with Crippen molar-refractivity contribution in [1.29, 1.82) is 0 Å². The summed E-state index contributed by atoms with van der Waals surface area (Å²) in [6.45, 7) is 0. The molecule has 0 unspecified atom stereocenters. The van der Waals surface area contributed by atoms with Gasteiger partial charge in [0, 0.05) is 6.42 Å². The molecule has 0 amide bonds. The predicted octanol–water partition coefficient (Wildman–Crippen LogP) is 2.65. The minimum Gasteiger partial charge on any atom is -0.385 e. The smallest absolute Gasteiger partial charge is 0.123 e. The number of hydrogen-bond acceptors (Lipinski definition) is 2. The number of nitrogen functional groups attached to an aromatic ring is 1.